The van der Waals surface area contributed by atoms with E-state index < -0.39 is 0 Å². The van der Waals surface area contributed by atoms with Crippen molar-refractivity contribution in [1.82, 2.24) is 15.5 Å². The number of carbonyl (C=O) groups is 2. The molecule has 2 amide bonds. The average Bonchev–Trinajstić information content (AvgIpc) is 3.43. The van der Waals surface area contributed by atoms with Crippen molar-refractivity contribution in [3.63, 3.8) is 0 Å². The van der Waals surface area contributed by atoms with Crippen molar-refractivity contribution in [2.45, 2.75) is 33.2 Å². The van der Waals surface area contributed by atoms with Gasteiger partial charge in [0.2, 0.25) is 11.8 Å². The summed E-state index contributed by atoms with van der Waals surface area (Å²) in [7, 11) is 1.66. The fourth-order valence-corrected chi connectivity index (χ4v) is 5.17. The van der Waals surface area contributed by atoms with Crippen LogP contribution in [-0.4, -0.2) is 49.4 Å². The highest BCUT2D eigenvalue weighted by atomic mass is 127. The summed E-state index contributed by atoms with van der Waals surface area (Å²) in [5, 5.41) is 6.56. The summed E-state index contributed by atoms with van der Waals surface area (Å²) in [6.45, 7) is 6.46. The maximum Gasteiger partial charge on any atom is 0.233 e. The maximum atomic E-state index is 12.8. The van der Waals surface area contributed by atoms with E-state index in [0.29, 0.717) is 26.1 Å². The lowest BCUT2D eigenvalue weighted by Gasteiger charge is -2.18. The summed E-state index contributed by atoms with van der Waals surface area (Å²) < 4.78 is 5.34. The number of aliphatic imine (C=N–C) groups is 1. The second kappa shape index (κ2) is 10.7. The molecule has 1 aromatic carbocycles. The SMILES string of the molecule is CCNC(=NCc1cc(C)cc(OC)c1)NCCCN1C(=O)C2C3C=CC(C3)C2C1=O.I. The Balaban J connectivity index is 0.00000289. The fraction of sp³-hybridized carbons (Fsp3) is 0.542. The molecule has 0 aromatic heterocycles. The summed E-state index contributed by atoms with van der Waals surface area (Å²) in [4.78, 5) is 31.7. The molecule has 4 atom stereocenters. The smallest absolute Gasteiger partial charge is 0.233 e. The van der Waals surface area contributed by atoms with Crippen LogP contribution in [0.1, 0.15) is 30.9 Å². The summed E-state index contributed by atoms with van der Waals surface area (Å²) >= 11 is 0. The van der Waals surface area contributed by atoms with Gasteiger partial charge in [-0.05, 0) is 61.8 Å². The van der Waals surface area contributed by atoms with E-state index in [1.54, 1.807) is 7.11 Å². The molecule has 4 rings (SSSR count). The number of amides is 2. The molecular formula is C24H33IN4O3. The van der Waals surface area contributed by atoms with E-state index in [4.69, 9.17) is 4.74 Å². The summed E-state index contributed by atoms with van der Waals surface area (Å²) in [6, 6.07) is 6.08. The number of imide groups is 1. The first-order valence-corrected chi connectivity index (χ1v) is 11.2. The normalized spacial score (nSPS) is 25.7. The Hall–Kier alpha value is -2.10. The van der Waals surface area contributed by atoms with Crippen molar-refractivity contribution in [2.75, 3.05) is 26.7 Å². The van der Waals surface area contributed by atoms with Crippen LogP contribution in [-0.2, 0) is 16.1 Å². The quantitative estimate of drug-likeness (QED) is 0.130. The van der Waals surface area contributed by atoms with Gasteiger partial charge in [-0.2, -0.15) is 0 Å². The highest BCUT2D eigenvalue weighted by Crippen LogP contribution is 2.52. The molecule has 1 aromatic rings. The molecule has 2 fully saturated rings. The number of hydrogen-bond acceptors (Lipinski definition) is 4. The van der Waals surface area contributed by atoms with Crippen molar-refractivity contribution in [3.8, 4) is 5.75 Å². The summed E-state index contributed by atoms with van der Waals surface area (Å²) in [5.74, 6) is 1.92. The molecule has 1 aliphatic heterocycles. The topological polar surface area (TPSA) is 83.0 Å². The summed E-state index contributed by atoms with van der Waals surface area (Å²) in [6.07, 6.45) is 5.93. The molecule has 0 spiro atoms. The number of allylic oxidation sites excluding steroid dienone is 2. The number of likely N-dealkylation sites (tertiary alicyclic amines) is 1. The first-order chi connectivity index (χ1) is 15.0. The lowest BCUT2D eigenvalue weighted by Crippen LogP contribution is -2.40. The number of methoxy groups -OCH3 is 1. The van der Waals surface area contributed by atoms with E-state index in [9.17, 15) is 9.59 Å². The van der Waals surface area contributed by atoms with E-state index in [1.165, 1.54) is 4.90 Å². The lowest BCUT2D eigenvalue weighted by atomic mass is 9.85. The molecule has 2 aliphatic carbocycles. The van der Waals surface area contributed by atoms with Crippen LogP contribution >= 0.6 is 24.0 Å². The minimum Gasteiger partial charge on any atom is -0.497 e. The molecule has 4 unspecified atom stereocenters. The predicted molar refractivity (Wildman–Crippen MR) is 135 cm³/mol. The van der Waals surface area contributed by atoms with Crippen molar-refractivity contribution in [2.24, 2.45) is 28.7 Å². The van der Waals surface area contributed by atoms with E-state index in [0.717, 1.165) is 35.8 Å². The van der Waals surface area contributed by atoms with Gasteiger partial charge >= 0.3 is 0 Å². The van der Waals surface area contributed by atoms with Crippen molar-refractivity contribution in [1.29, 1.82) is 0 Å². The number of rotatable bonds is 8. The zero-order chi connectivity index (χ0) is 22.0. The molecule has 1 heterocycles. The number of guanidine groups is 1. The molecule has 174 valence electrons. The second-order valence-corrected chi connectivity index (χ2v) is 8.66. The van der Waals surface area contributed by atoms with Crippen LogP contribution in [0, 0.1) is 30.6 Å². The number of nitrogens with one attached hydrogen (secondary N) is 2. The standard InChI is InChI=1S/C24H32N4O3.HI/c1-4-25-24(27-14-16-10-15(2)11-19(12-16)31-3)26-8-5-9-28-22(29)20-17-6-7-18(13-17)21(20)23(28)30;/h6-7,10-12,17-18,20-21H,4-5,8-9,13-14H2,1-3H3,(H2,25,26,27);1H. The van der Waals surface area contributed by atoms with Gasteiger partial charge in [0, 0.05) is 19.6 Å². The maximum absolute atomic E-state index is 12.8. The number of carbonyl (C=O) groups excluding carboxylic acids is 2. The Bertz CT molecular complexity index is 887. The minimum absolute atomic E-state index is 0. The van der Waals surface area contributed by atoms with E-state index in [1.807, 2.05) is 26.0 Å². The molecule has 2 bridgehead atoms. The monoisotopic (exact) mass is 552 g/mol. The Morgan fingerprint density at radius 2 is 1.81 bits per heavy atom. The molecule has 7 nitrogen and oxygen atoms in total. The Labute approximate surface area is 207 Å². The number of nitrogens with zero attached hydrogens (tertiary/aromatic N) is 2. The van der Waals surface area contributed by atoms with Gasteiger partial charge in [0.25, 0.3) is 0 Å². The molecule has 1 saturated heterocycles. The molecule has 0 radical (unpaired) electrons. The fourth-order valence-electron chi connectivity index (χ4n) is 5.17. The van der Waals surface area contributed by atoms with Crippen LogP contribution < -0.4 is 15.4 Å². The zero-order valence-corrected chi connectivity index (χ0v) is 21.3. The van der Waals surface area contributed by atoms with E-state index in [-0.39, 0.29) is 59.5 Å². The first kappa shape index (κ1) is 24.5. The number of aryl methyl sites for hydroxylation is 1. The highest BCUT2D eigenvalue weighted by molar-refractivity contribution is 14.0. The van der Waals surface area contributed by atoms with Gasteiger partial charge in [0.05, 0.1) is 25.5 Å². The minimum atomic E-state index is -0.110. The number of fused-ring (bicyclic) bond motifs is 5. The molecule has 32 heavy (non-hydrogen) atoms. The van der Waals surface area contributed by atoms with Gasteiger partial charge in [0.15, 0.2) is 5.96 Å². The van der Waals surface area contributed by atoms with Crippen LogP contribution in [0.2, 0.25) is 0 Å². The van der Waals surface area contributed by atoms with Gasteiger partial charge < -0.3 is 15.4 Å². The van der Waals surface area contributed by atoms with Crippen molar-refractivity contribution in [3.05, 3.63) is 41.5 Å². The average molecular weight is 552 g/mol. The van der Waals surface area contributed by atoms with Crippen molar-refractivity contribution >= 4 is 41.8 Å². The summed E-state index contributed by atoms with van der Waals surface area (Å²) in [5.41, 5.74) is 2.22. The third-order valence-electron chi connectivity index (χ3n) is 6.52. The Kier molecular flexibility index (Phi) is 8.19. The van der Waals surface area contributed by atoms with Gasteiger partial charge in [-0.25, -0.2) is 4.99 Å². The van der Waals surface area contributed by atoms with Crippen LogP contribution in [0.15, 0.2) is 35.3 Å². The molecule has 8 heteroatoms. The number of hydrogen-bond donors (Lipinski definition) is 2. The predicted octanol–water partition coefficient (Wildman–Crippen LogP) is 2.87. The van der Waals surface area contributed by atoms with Gasteiger partial charge in [-0.1, -0.05) is 18.2 Å². The lowest BCUT2D eigenvalue weighted by molar-refractivity contribution is -0.140. The van der Waals surface area contributed by atoms with Gasteiger partial charge in [-0.15, -0.1) is 24.0 Å². The number of halogens is 1. The Morgan fingerprint density at radius 3 is 2.44 bits per heavy atom. The molecular weight excluding hydrogens is 519 g/mol. The molecule has 1 saturated carbocycles. The second-order valence-electron chi connectivity index (χ2n) is 8.66. The number of benzene rings is 1. The van der Waals surface area contributed by atoms with Crippen LogP contribution in [0.3, 0.4) is 0 Å². The van der Waals surface area contributed by atoms with Gasteiger partial charge in [0.1, 0.15) is 5.75 Å². The van der Waals surface area contributed by atoms with Crippen LogP contribution in [0.25, 0.3) is 0 Å². The van der Waals surface area contributed by atoms with Crippen molar-refractivity contribution < 1.29 is 14.3 Å². The molecule has 3 aliphatic rings. The first-order valence-electron chi connectivity index (χ1n) is 11.2. The third-order valence-corrected chi connectivity index (χ3v) is 6.52. The van der Waals surface area contributed by atoms with Crippen LogP contribution in [0.5, 0.6) is 5.75 Å². The highest BCUT2D eigenvalue weighted by Gasteiger charge is 2.58. The largest absolute Gasteiger partial charge is 0.497 e. The number of ether oxygens (including phenoxy) is 1. The Morgan fingerprint density at radius 1 is 1.12 bits per heavy atom. The van der Waals surface area contributed by atoms with Crippen LogP contribution in [0.4, 0.5) is 0 Å². The van der Waals surface area contributed by atoms with E-state index >= 15 is 0 Å². The zero-order valence-electron chi connectivity index (χ0n) is 19.0. The van der Waals surface area contributed by atoms with E-state index in [2.05, 4.69) is 33.8 Å². The molecule has 2 N–H and O–H groups in total. The van der Waals surface area contributed by atoms with Gasteiger partial charge in [-0.3, -0.25) is 14.5 Å². The third kappa shape index (κ3) is 4.94.